The molecule has 1 aliphatic heterocycles. The van der Waals surface area contributed by atoms with Crippen molar-refractivity contribution >= 4 is 69.0 Å². The van der Waals surface area contributed by atoms with E-state index >= 15 is 0 Å². The molecular formula is C32H24ClNOSi. The van der Waals surface area contributed by atoms with Crippen LogP contribution in [0.15, 0.2) is 114 Å². The van der Waals surface area contributed by atoms with Crippen LogP contribution in [0.4, 0.5) is 17.1 Å². The van der Waals surface area contributed by atoms with E-state index in [0.29, 0.717) is 0 Å². The van der Waals surface area contributed by atoms with Gasteiger partial charge in [-0.05, 0) is 76.1 Å². The summed E-state index contributed by atoms with van der Waals surface area (Å²) in [6.07, 6.45) is 0. The van der Waals surface area contributed by atoms with Crippen LogP contribution in [0.5, 0.6) is 0 Å². The molecule has 5 aromatic carbocycles. The van der Waals surface area contributed by atoms with E-state index in [1.165, 1.54) is 21.5 Å². The van der Waals surface area contributed by atoms with Gasteiger partial charge in [-0.2, -0.15) is 0 Å². The maximum absolute atomic E-state index is 6.75. The molecule has 1 aromatic heterocycles. The third-order valence-corrected chi connectivity index (χ3v) is 11.5. The van der Waals surface area contributed by atoms with Crippen molar-refractivity contribution in [3.63, 3.8) is 0 Å². The molecule has 6 aromatic rings. The Labute approximate surface area is 216 Å². The number of benzene rings is 5. The van der Waals surface area contributed by atoms with Crippen molar-refractivity contribution in [2.75, 3.05) is 4.90 Å². The second kappa shape index (κ2) is 7.86. The molecule has 0 bridgehead atoms. The Bertz CT molecular complexity index is 1790. The first-order chi connectivity index (χ1) is 17.5. The zero-order valence-corrected chi connectivity index (χ0v) is 21.9. The average molecular weight is 502 g/mol. The van der Waals surface area contributed by atoms with Crippen molar-refractivity contribution in [2.24, 2.45) is 0 Å². The fourth-order valence-electron chi connectivity index (χ4n) is 5.84. The van der Waals surface area contributed by atoms with E-state index in [9.17, 15) is 0 Å². The summed E-state index contributed by atoms with van der Waals surface area (Å²) in [5.41, 5.74) is 7.74. The quantitative estimate of drug-likeness (QED) is 0.226. The molecule has 0 spiro atoms. The third kappa shape index (κ3) is 3.10. The van der Waals surface area contributed by atoms with Gasteiger partial charge in [-0.1, -0.05) is 79.3 Å². The van der Waals surface area contributed by atoms with Gasteiger partial charge in [-0.15, -0.1) is 0 Å². The number of nitrogens with zero attached hydrogens (tertiary/aromatic N) is 1. The molecule has 0 saturated heterocycles. The van der Waals surface area contributed by atoms with Gasteiger partial charge < -0.3 is 9.32 Å². The minimum absolute atomic E-state index is 0.888. The number of furan rings is 1. The lowest BCUT2D eigenvalue weighted by molar-refractivity contribution is 0.669. The molecule has 2 nitrogen and oxygen atoms in total. The molecule has 2 heterocycles. The van der Waals surface area contributed by atoms with E-state index in [1.807, 2.05) is 18.2 Å². The largest absolute Gasteiger partial charge is 0.456 e. The van der Waals surface area contributed by atoms with Gasteiger partial charge in [-0.3, -0.25) is 0 Å². The Balaban J connectivity index is 1.46. The fraction of sp³-hybridized carbons (Fsp3) is 0.0625. The molecule has 0 unspecified atom stereocenters. The molecule has 7 rings (SSSR count). The molecule has 4 heteroatoms. The number of rotatable bonds is 3. The molecular weight excluding hydrogens is 478 g/mol. The van der Waals surface area contributed by atoms with Crippen LogP contribution < -0.4 is 15.3 Å². The molecule has 174 valence electrons. The minimum atomic E-state index is -1.86. The number of para-hydroxylation sites is 2. The summed E-state index contributed by atoms with van der Waals surface area (Å²) in [6, 6.07) is 38.5. The highest BCUT2D eigenvalue weighted by Crippen LogP contribution is 2.41. The third-order valence-electron chi connectivity index (χ3n) is 7.50. The van der Waals surface area contributed by atoms with Crippen LogP contribution in [0.1, 0.15) is 0 Å². The molecule has 0 fully saturated rings. The maximum atomic E-state index is 6.75. The van der Waals surface area contributed by atoms with Crippen LogP contribution in [0.2, 0.25) is 18.1 Å². The minimum Gasteiger partial charge on any atom is -0.456 e. The lowest BCUT2D eigenvalue weighted by Crippen LogP contribution is -2.49. The van der Waals surface area contributed by atoms with Gasteiger partial charge in [0.2, 0.25) is 0 Å². The van der Waals surface area contributed by atoms with E-state index in [-0.39, 0.29) is 0 Å². The summed E-state index contributed by atoms with van der Waals surface area (Å²) >= 11 is 6.75. The molecule has 0 amide bonds. The second-order valence-electron chi connectivity index (χ2n) is 9.97. The van der Waals surface area contributed by atoms with Crippen LogP contribution in [-0.4, -0.2) is 8.07 Å². The Hall–Kier alpha value is -3.79. The first kappa shape index (κ1) is 21.5. The Morgan fingerprint density at radius 2 is 1.33 bits per heavy atom. The van der Waals surface area contributed by atoms with E-state index in [1.54, 1.807) is 0 Å². The number of hydrogen-bond donors (Lipinski definition) is 0. The van der Waals surface area contributed by atoms with Gasteiger partial charge in [0.25, 0.3) is 0 Å². The topological polar surface area (TPSA) is 16.4 Å². The van der Waals surface area contributed by atoms with Crippen molar-refractivity contribution < 1.29 is 4.42 Å². The molecule has 0 radical (unpaired) electrons. The highest BCUT2D eigenvalue weighted by atomic mass is 35.5. The van der Waals surface area contributed by atoms with Gasteiger partial charge in [0, 0.05) is 32.9 Å². The van der Waals surface area contributed by atoms with E-state index in [0.717, 1.165) is 44.0 Å². The van der Waals surface area contributed by atoms with Crippen molar-refractivity contribution in [1.29, 1.82) is 0 Å². The number of fused-ring (bicyclic) bond motifs is 6. The van der Waals surface area contributed by atoms with Crippen LogP contribution in [-0.2, 0) is 0 Å². The summed E-state index contributed by atoms with van der Waals surface area (Å²) in [4.78, 5) is 2.33. The lowest BCUT2D eigenvalue weighted by Gasteiger charge is -2.27. The van der Waals surface area contributed by atoms with E-state index < -0.39 is 8.07 Å². The van der Waals surface area contributed by atoms with Crippen LogP contribution in [0.25, 0.3) is 33.1 Å². The van der Waals surface area contributed by atoms with Gasteiger partial charge in [0.1, 0.15) is 19.2 Å². The van der Waals surface area contributed by atoms with Crippen LogP contribution >= 0.6 is 11.6 Å². The normalized spacial score (nSPS) is 13.6. The molecule has 0 atom stereocenters. The fourth-order valence-corrected chi connectivity index (χ4v) is 9.94. The summed E-state index contributed by atoms with van der Waals surface area (Å²) in [6.45, 7) is 4.80. The predicted octanol–water partition coefficient (Wildman–Crippen LogP) is 8.51. The van der Waals surface area contributed by atoms with Crippen LogP contribution in [0.3, 0.4) is 0 Å². The van der Waals surface area contributed by atoms with E-state index in [4.69, 9.17) is 16.0 Å². The number of halogens is 1. The summed E-state index contributed by atoms with van der Waals surface area (Å²) in [5, 5.41) is 5.93. The second-order valence-corrected chi connectivity index (χ2v) is 14.7. The summed E-state index contributed by atoms with van der Waals surface area (Å²) < 4.78 is 6.11. The molecule has 0 N–H and O–H groups in total. The first-order valence-electron chi connectivity index (χ1n) is 12.2. The summed E-state index contributed by atoms with van der Waals surface area (Å²) in [7, 11) is -1.86. The first-order valence-corrected chi connectivity index (χ1v) is 15.6. The predicted molar refractivity (Wildman–Crippen MR) is 156 cm³/mol. The Kier molecular flexibility index (Phi) is 4.69. The molecule has 0 aliphatic carbocycles. The Morgan fingerprint density at radius 3 is 2.19 bits per heavy atom. The van der Waals surface area contributed by atoms with Crippen molar-refractivity contribution in [3.05, 3.63) is 114 Å². The van der Waals surface area contributed by atoms with E-state index in [2.05, 4.69) is 109 Å². The standard InChI is InChI=1S/C32H24ClNOSi/c1-36(2)31-18-16-23(20-27(31)25-12-8-13-28(33)32(25)36)34(21-9-4-3-5-10-21)22-15-17-30-26(19-22)24-11-6-7-14-29(24)35-30/h3-20H,1-2H3. The smallest absolute Gasteiger partial charge is 0.135 e. The Morgan fingerprint density at radius 1 is 0.611 bits per heavy atom. The molecule has 1 aliphatic rings. The highest BCUT2D eigenvalue weighted by molar-refractivity contribution is 7.04. The average Bonchev–Trinajstić information content (AvgIpc) is 3.38. The van der Waals surface area contributed by atoms with Crippen molar-refractivity contribution in [3.8, 4) is 11.1 Å². The summed E-state index contributed by atoms with van der Waals surface area (Å²) in [5.74, 6) is 0. The van der Waals surface area contributed by atoms with Gasteiger partial charge in [0.15, 0.2) is 0 Å². The zero-order chi connectivity index (χ0) is 24.4. The van der Waals surface area contributed by atoms with Gasteiger partial charge in [0.05, 0.1) is 0 Å². The molecule has 36 heavy (non-hydrogen) atoms. The zero-order valence-electron chi connectivity index (χ0n) is 20.1. The monoisotopic (exact) mass is 501 g/mol. The number of hydrogen-bond acceptors (Lipinski definition) is 2. The van der Waals surface area contributed by atoms with Gasteiger partial charge in [-0.25, -0.2) is 0 Å². The SMILES string of the molecule is C[Si]1(C)c2ccc(N(c3ccccc3)c3ccc4oc5ccccc5c4c3)cc2-c2cccc(Cl)c21. The van der Waals surface area contributed by atoms with Gasteiger partial charge >= 0.3 is 0 Å². The van der Waals surface area contributed by atoms with Crippen molar-refractivity contribution in [2.45, 2.75) is 13.1 Å². The maximum Gasteiger partial charge on any atom is 0.135 e. The van der Waals surface area contributed by atoms with Crippen LogP contribution in [0, 0.1) is 0 Å². The lowest BCUT2D eigenvalue weighted by atomic mass is 10.0. The molecule has 0 saturated carbocycles. The number of anilines is 3. The van der Waals surface area contributed by atoms with Crippen molar-refractivity contribution in [1.82, 2.24) is 0 Å². The highest BCUT2D eigenvalue weighted by Gasteiger charge is 2.39.